The number of anilines is 1. The van der Waals surface area contributed by atoms with Crippen LogP contribution in [0.5, 0.6) is 0 Å². The third-order valence-electron chi connectivity index (χ3n) is 17.8. The van der Waals surface area contributed by atoms with Gasteiger partial charge in [0.15, 0.2) is 0 Å². The van der Waals surface area contributed by atoms with Gasteiger partial charge in [0, 0.05) is 65.1 Å². The number of likely N-dealkylation sites (N-methyl/N-ethyl adjacent to an activating group) is 2. The molecule has 101 heavy (non-hydrogen) atoms. The lowest BCUT2D eigenvalue weighted by molar-refractivity contribution is -0.148. The van der Waals surface area contributed by atoms with Crippen molar-refractivity contribution in [3.05, 3.63) is 82.3 Å². The number of methoxy groups -OCH3 is 2. The number of nitrogens with zero attached hydrogens (tertiary/aromatic N) is 4. The Kier molecular flexibility index (Phi) is 39.4. The molecular weight excluding hydrogens is 1320 g/mol. The monoisotopic (exact) mass is 1440 g/mol. The number of urea groups is 1. The smallest absolute Gasteiger partial charge is 0.410 e. The summed E-state index contributed by atoms with van der Waals surface area (Å²) < 4.78 is 39.6. The molecule has 2 aromatic carbocycles. The zero-order valence-corrected chi connectivity index (χ0v) is 62.2. The average Bonchev–Trinajstić information content (AvgIpc) is 1.40. The van der Waals surface area contributed by atoms with Gasteiger partial charge in [0.1, 0.15) is 35.8 Å². The number of nitrogens with two attached hydrogens (primary N) is 2. The number of ether oxygens (including phenoxy) is 7. The van der Waals surface area contributed by atoms with E-state index in [1.165, 1.54) is 30.4 Å². The molecule has 10 N–H and O–H groups in total. The van der Waals surface area contributed by atoms with Crippen LogP contribution in [0.4, 0.5) is 15.3 Å². The van der Waals surface area contributed by atoms with Gasteiger partial charge in [0.2, 0.25) is 41.4 Å². The maximum atomic E-state index is 14.9. The number of hydrogen-bond acceptors (Lipinski definition) is 20. The first-order valence-electron chi connectivity index (χ1n) is 35.0. The third kappa shape index (κ3) is 29.1. The molecule has 1 aliphatic heterocycles. The number of benzene rings is 2. The van der Waals surface area contributed by atoms with E-state index in [-0.39, 0.29) is 88.3 Å². The van der Waals surface area contributed by atoms with Crippen LogP contribution in [0.25, 0.3) is 0 Å². The summed E-state index contributed by atoms with van der Waals surface area (Å²) in [7, 11) is 6.17. The van der Waals surface area contributed by atoms with Crippen molar-refractivity contribution in [2.75, 3.05) is 106 Å². The highest BCUT2D eigenvalue weighted by molar-refractivity contribution is 7.09. The van der Waals surface area contributed by atoms with Gasteiger partial charge in [-0.05, 0) is 79.0 Å². The number of nitrogens with one attached hydrogen (secondary N) is 6. The summed E-state index contributed by atoms with van der Waals surface area (Å²) in [5.74, 6) is -0.136. The predicted molar refractivity (Wildman–Crippen MR) is 381 cm³/mol. The molecule has 1 aromatic heterocycles. The molecule has 11 atom stereocenters. The second kappa shape index (κ2) is 46.2. The van der Waals surface area contributed by atoms with Gasteiger partial charge in [0.05, 0.1) is 102 Å². The lowest BCUT2D eigenvalue weighted by Gasteiger charge is -2.41. The second-order valence-electron chi connectivity index (χ2n) is 26.3. The molecule has 10 amide bonds. The van der Waals surface area contributed by atoms with E-state index in [0.717, 1.165) is 10.6 Å². The van der Waals surface area contributed by atoms with E-state index < -0.39 is 108 Å². The van der Waals surface area contributed by atoms with E-state index >= 15 is 0 Å². The molecule has 1 aliphatic rings. The molecule has 4 rings (SSSR count). The molecule has 3 unspecified atom stereocenters. The Morgan fingerprint density at radius 2 is 1.32 bits per heavy atom. The predicted octanol–water partition coefficient (Wildman–Crippen LogP) is 5.26. The lowest BCUT2D eigenvalue weighted by atomic mass is 9.89. The number of rotatable bonds is 48. The van der Waals surface area contributed by atoms with Crippen molar-refractivity contribution in [1.82, 2.24) is 46.3 Å². The Morgan fingerprint density at radius 3 is 1.87 bits per heavy atom. The van der Waals surface area contributed by atoms with Crippen molar-refractivity contribution in [2.24, 2.45) is 41.2 Å². The fourth-order valence-electron chi connectivity index (χ4n) is 12.1. The molecule has 1 fully saturated rings. The Labute approximate surface area is 599 Å². The van der Waals surface area contributed by atoms with Crippen LogP contribution in [0.3, 0.4) is 0 Å². The fraction of sp³-hybridized carbons (Fsp3) is 0.662. The van der Waals surface area contributed by atoms with Crippen LogP contribution in [0.2, 0.25) is 0 Å². The van der Waals surface area contributed by atoms with E-state index in [1.54, 1.807) is 82.1 Å². The van der Waals surface area contributed by atoms with Crippen LogP contribution in [0.1, 0.15) is 129 Å². The summed E-state index contributed by atoms with van der Waals surface area (Å²) in [6.45, 7) is 19.6. The molecule has 1 saturated heterocycles. The Hall–Kier alpha value is -7.42. The molecule has 30 heteroatoms. The SMILES string of the molecule is CC[C@H](C)C([C@@H](CC(=O)N1CCC[C@H]1[C@H](OC)[C@@H](C)C(=O)N[C@@H](Cc1ccccc1)c1nccs1)OC)N(C)C(=O)[C@@H](NC(=O)C(C(C)C)N(C)C(=O)OCc1ccc(NC(=O)[C@H](CCCNC(N)=O)NC(=O)C(NC(=O)CCOCCOCCOCCOCCON)C(C)C)cc1)C(C)C. The number of primary amides is 1. The van der Waals surface area contributed by atoms with Crippen molar-refractivity contribution in [1.29, 1.82) is 0 Å². The van der Waals surface area contributed by atoms with Crippen LogP contribution < -0.4 is 43.5 Å². The minimum Gasteiger partial charge on any atom is -0.445 e. The van der Waals surface area contributed by atoms with Crippen LogP contribution in [-0.4, -0.2) is 222 Å². The summed E-state index contributed by atoms with van der Waals surface area (Å²) in [6.07, 6.45) is 2.23. The lowest BCUT2D eigenvalue weighted by Crippen LogP contribution is -2.60. The number of carbonyl (C=O) groups is 9. The van der Waals surface area contributed by atoms with Crippen molar-refractivity contribution >= 4 is 70.5 Å². The maximum absolute atomic E-state index is 14.9. The van der Waals surface area contributed by atoms with Crippen LogP contribution in [-0.2, 0) is 84.6 Å². The molecule has 0 aliphatic carbocycles. The molecule has 0 spiro atoms. The zero-order chi connectivity index (χ0) is 74.6. The number of amides is 10. The summed E-state index contributed by atoms with van der Waals surface area (Å²) in [5.41, 5.74) is 7.19. The van der Waals surface area contributed by atoms with Gasteiger partial charge in [0.25, 0.3) is 0 Å². The molecule has 566 valence electrons. The average molecular weight is 1440 g/mol. The van der Waals surface area contributed by atoms with Crippen molar-refractivity contribution in [3.63, 3.8) is 0 Å². The Balaban J connectivity index is 1.35. The van der Waals surface area contributed by atoms with Gasteiger partial charge < -0.3 is 85.4 Å². The van der Waals surface area contributed by atoms with Crippen molar-refractivity contribution in [2.45, 2.75) is 175 Å². The van der Waals surface area contributed by atoms with Gasteiger partial charge in [-0.3, -0.25) is 38.5 Å². The van der Waals surface area contributed by atoms with Gasteiger partial charge in [-0.15, -0.1) is 11.3 Å². The first-order chi connectivity index (χ1) is 48.3. The van der Waals surface area contributed by atoms with Crippen LogP contribution in [0, 0.1) is 29.6 Å². The summed E-state index contributed by atoms with van der Waals surface area (Å²) >= 11 is 1.47. The topological polar surface area (TPSA) is 374 Å². The largest absolute Gasteiger partial charge is 0.445 e. The molecule has 0 saturated carbocycles. The number of thiazole rings is 1. The first kappa shape index (κ1) is 86.0. The second-order valence-corrected chi connectivity index (χ2v) is 27.3. The molecule has 0 radical (unpaired) electrons. The molecule has 29 nitrogen and oxygen atoms in total. The maximum Gasteiger partial charge on any atom is 0.410 e. The quantitative estimate of drug-likeness (QED) is 0.0264. The summed E-state index contributed by atoms with van der Waals surface area (Å²) in [6, 6.07) is 9.90. The molecule has 3 aromatic rings. The number of carbonyl (C=O) groups excluding carboxylic acids is 9. The van der Waals surface area contributed by atoms with E-state index in [4.69, 9.17) is 44.8 Å². The van der Waals surface area contributed by atoms with Gasteiger partial charge in [-0.1, -0.05) is 111 Å². The van der Waals surface area contributed by atoms with Crippen molar-refractivity contribution < 1.29 is 81.1 Å². The van der Waals surface area contributed by atoms with Gasteiger partial charge >= 0.3 is 12.1 Å². The first-order valence-corrected chi connectivity index (χ1v) is 35.9. The van der Waals surface area contributed by atoms with Gasteiger partial charge in [-0.25, -0.2) is 20.5 Å². The highest BCUT2D eigenvalue weighted by Gasteiger charge is 2.44. The molecule has 0 bridgehead atoms. The standard InChI is InChI=1S/C71H114N12O17S/c1-14-48(8)62(56(93-12)43-58(85)83-31-19-23-55(83)63(94-13)49(9)64(86)78-54(68-74-30-41-101-68)42-50-20-16-15-17-21-50)81(10)69(90)60(46(4)5)80-67(89)61(47(6)7)82(11)71(92)99-44-51-24-26-52(27-25-51)76-65(87)53(22-18-29-75-70(72)91)77-66(88)59(45(2)3)79-57(84)28-32-95-33-34-96-35-36-97-37-38-98-39-40-100-73/h15-17,20-21,24-27,30,41,45-49,53-56,59-63H,14,18-19,22-23,28-29,31-40,42-44,73H2,1-13H3,(H,76,87)(H,77,88)(H,78,86)(H,79,84)(H,80,89)(H3,72,75,91)/t48-,49+,53-,54-,55-,56+,59?,60-,61?,62?,63+/m0/s1. The fourth-order valence-corrected chi connectivity index (χ4v) is 12.8. The third-order valence-corrected chi connectivity index (χ3v) is 18.7. The number of aromatic nitrogens is 1. The highest BCUT2D eigenvalue weighted by Crippen LogP contribution is 2.31. The molecular formula is C71H114N12O17S. The van der Waals surface area contributed by atoms with Crippen LogP contribution >= 0.6 is 11.3 Å². The van der Waals surface area contributed by atoms with Crippen LogP contribution in [0.15, 0.2) is 66.2 Å². The van der Waals surface area contributed by atoms with E-state index in [9.17, 15) is 43.2 Å². The minimum atomic E-state index is -1.11. The normalized spacial score (nSPS) is 16.0. The minimum absolute atomic E-state index is 0.0395. The van der Waals surface area contributed by atoms with E-state index in [0.29, 0.717) is 83.1 Å². The number of hydrogen-bond donors (Lipinski definition) is 8. The Bertz CT molecular complexity index is 2970. The summed E-state index contributed by atoms with van der Waals surface area (Å²) in [5, 5.41) is 19.6. The van der Waals surface area contributed by atoms with Gasteiger partial charge in [-0.2, -0.15) is 0 Å². The zero-order valence-electron chi connectivity index (χ0n) is 61.4. The Morgan fingerprint density at radius 1 is 0.693 bits per heavy atom. The number of likely N-dealkylation sites (tertiary alicyclic amines) is 1. The van der Waals surface area contributed by atoms with E-state index in [1.807, 2.05) is 70.3 Å². The van der Waals surface area contributed by atoms with E-state index in [2.05, 4.69) is 41.7 Å². The molecule has 2 heterocycles. The van der Waals surface area contributed by atoms with Crippen molar-refractivity contribution in [3.8, 4) is 0 Å². The summed E-state index contributed by atoms with van der Waals surface area (Å²) in [4.78, 5) is 137. The highest BCUT2D eigenvalue weighted by atomic mass is 32.1.